The van der Waals surface area contributed by atoms with E-state index in [1.807, 2.05) is 13.8 Å². The van der Waals surface area contributed by atoms with Crippen LogP contribution in [0.5, 0.6) is 0 Å². The van der Waals surface area contributed by atoms with Gasteiger partial charge in [0.25, 0.3) is 0 Å². The minimum absolute atomic E-state index is 0.205. The summed E-state index contributed by atoms with van der Waals surface area (Å²) in [5.74, 6) is 0.659. The maximum Gasteiger partial charge on any atom is 0.174 e. The third-order valence-electron chi connectivity index (χ3n) is 2.55. The number of rotatable bonds is 6. The van der Waals surface area contributed by atoms with Gasteiger partial charge in [-0.05, 0) is 41.8 Å². The monoisotopic (exact) mass is 297 g/mol. The van der Waals surface area contributed by atoms with Crippen LogP contribution in [0.15, 0.2) is 27.4 Å². The SMILES string of the molecule is CCNCc1cc(F)ccc1Sc1nc(CC)ns1. The molecule has 0 saturated carbocycles. The number of nitrogens with one attached hydrogen (secondary N) is 1. The highest BCUT2D eigenvalue weighted by molar-refractivity contribution is 8.01. The summed E-state index contributed by atoms with van der Waals surface area (Å²) in [7, 11) is 0. The van der Waals surface area contributed by atoms with Gasteiger partial charge in [-0.2, -0.15) is 4.37 Å². The normalized spacial score (nSPS) is 10.9. The maximum atomic E-state index is 13.3. The van der Waals surface area contributed by atoms with Gasteiger partial charge >= 0.3 is 0 Å². The van der Waals surface area contributed by atoms with Crippen LogP contribution in [0, 0.1) is 5.82 Å². The van der Waals surface area contributed by atoms with Crippen molar-refractivity contribution in [1.82, 2.24) is 14.7 Å². The van der Waals surface area contributed by atoms with Crippen LogP contribution >= 0.6 is 23.3 Å². The molecule has 0 aliphatic carbocycles. The number of aromatic nitrogens is 2. The Bertz CT molecular complexity index is 542. The van der Waals surface area contributed by atoms with Crippen molar-refractivity contribution in [2.75, 3.05) is 6.54 Å². The molecule has 1 aromatic carbocycles. The fourth-order valence-electron chi connectivity index (χ4n) is 1.56. The molecule has 0 bridgehead atoms. The van der Waals surface area contributed by atoms with Crippen LogP contribution in [0.25, 0.3) is 0 Å². The van der Waals surface area contributed by atoms with Gasteiger partial charge in [-0.1, -0.05) is 25.6 Å². The number of hydrogen-bond donors (Lipinski definition) is 1. The van der Waals surface area contributed by atoms with E-state index in [1.165, 1.54) is 17.6 Å². The number of hydrogen-bond acceptors (Lipinski definition) is 5. The molecular formula is C13H16FN3S2. The third-order valence-corrected chi connectivity index (χ3v) is 4.46. The number of aryl methyl sites for hydroxylation is 1. The largest absolute Gasteiger partial charge is 0.313 e. The lowest BCUT2D eigenvalue weighted by Crippen LogP contribution is -2.12. The summed E-state index contributed by atoms with van der Waals surface area (Å²) < 4.78 is 18.5. The highest BCUT2D eigenvalue weighted by Gasteiger charge is 2.09. The molecule has 1 N–H and O–H groups in total. The van der Waals surface area contributed by atoms with E-state index in [4.69, 9.17) is 0 Å². The molecule has 0 amide bonds. The Kier molecular flexibility index (Phi) is 5.30. The van der Waals surface area contributed by atoms with E-state index in [9.17, 15) is 4.39 Å². The Hall–Kier alpha value is -0.980. The fraction of sp³-hybridized carbons (Fsp3) is 0.385. The molecule has 102 valence electrons. The molecule has 0 atom stereocenters. The zero-order valence-corrected chi connectivity index (χ0v) is 12.6. The average molecular weight is 297 g/mol. The molecule has 2 rings (SSSR count). The Morgan fingerprint density at radius 3 is 2.89 bits per heavy atom. The molecule has 0 radical (unpaired) electrons. The molecule has 0 fully saturated rings. The van der Waals surface area contributed by atoms with E-state index in [2.05, 4.69) is 14.7 Å². The lowest BCUT2D eigenvalue weighted by molar-refractivity contribution is 0.619. The van der Waals surface area contributed by atoms with Crippen LogP contribution in [0.2, 0.25) is 0 Å². The second kappa shape index (κ2) is 6.98. The van der Waals surface area contributed by atoms with Crippen molar-refractivity contribution >= 4 is 23.3 Å². The quantitative estimate of drug-likeness (QED) is 0.885. The van der Waals surface area contributed by atoms with E-state index in [1.54, 1.807) is 23.9 Å². The highest BCUT2D eigenvalue weighted by atomic mass is 32.2. The molecular weight excluding hydrogens is 281 g/mol. The number of benzene rings is 1. The summed E-state index contributed by atoms with van der Waals surface area (Å²) >= 11 is 2.94. The van der Waals surface area contributed by atoms with E-state index in [-0.39, 0.29) is 5.82 Å². The first-order chi connectivity index (χ1) is 9.22. The Balaban J connectivity index is 2.18. The topological polar surface area (TPSA) is 37.8 Å². The van der Waals surface area contributed by atoms with Crippen molar-refractivity contribution in [3.63, 3.8) is 0 Å². The fourth-order valence-corrected chi connectivity index (χ4v) is 3.33. The van der Waals surface area contributed by atoms with Crippen molar-refractivity contribution in [2.24, 2.45) is 0 Å². The summed E-state index contributed by atoms with van der Waals surface area (Å²) in [5.41, 5.74) is 0.958. The van der Waals surface area contributed by atoms with Gasteiger partial charge in [-0.3, -0.25) is 0 Å². The van der Waals surface area contributed by atoms with E-state index >= 15 is 0 Å². The maximum absolute atomic E-state index is 13.3. The zero-order chi connectivity index (χ0) is 13.7. The molecule has 3 nitrogen and oxygen atoms in total. The molecule has 6 heteroatoms. The number of halogens is 1. The van der Waals surface area contributed by atoms with Gasteiger partial charge < -0.3 is 5.32 Å². The summed E-state index contributed by atoms with van der Waals surface area (Å²) in [6.45, 7) is 5.59. The standard InChI is InChI=1S/C13H16FN3S2/c1-3-12-16-13(19-17-12)18-11-6-5-10(14)7-9(11)8-15-4-2/h5-7,15H,3-4,8H2,1-2H3. The predicted octanol–water partition coefficient (Wildman–Crippen LogP) is 3.50. The second-order valence-corrected chi connectivity index (χ2v) is 6.01. The van der Waals surface area contributed by atoms with Gasteiger partial charge in [0.1, 0.15) is 11.6 Å². The van der Waals surface area contributed by atoms with Crippen LogP contribution in [-0.2, 0) is 13.0 Å². The first-order valence-corrected chi connectivity index (χ1v) is 7.81. The van der Waals surface area contributed by atoms with Crippen LogP contribution in [-0.4, -0.2) is 15.9 Å². The Labute approximate surface area is 120 Å². The molecule has 0 unspecified atom stereocenters. The molecule has 2 aromatic rings. The van der Waals surface area contributed by atoms with Crippen LogP contribution in [0.3, 0.4) is 0 Å². The van der Waals surface area contributed by atoms with Crippen LogP contribution < -0.4 is 5.32 Å². The van der Waals surface area contributed by atoms with Crippen molar-refractivity contribution in [2.45, 2.75) is 36.0 Å². The van der Waals surface area contributed by atoms with Crippen LogP contribution in [0.1, 0.15) is 25.2 Å². The third kappa shape index (κ3) is 3.99. The average Bonchev–Trinajstić information content (AvgIpc) is 2.86. The Morgan fingerprint density at radius 2 is 2.21 bits per heavy atom. The summed E-state index contributed by atoms with van der Waals surface area (Å²) in [6.07, 6.45) is 0.838. The van der Waals surface area contributed by atoms with Gasteiger partial charge in [0, 0.05) is 17.9 Å². The number of nitrogens with zero attached hydrogens (tertiary/aromatic N) is 2. The molecule has 0 aliphatic heterocycles. The minimum Gasteiger partial charge on any atom is -0.313 e. The van der Waals surface area contributed by atoms with E-state index in [0.29, 0.717) is 6.54 Å². The predicted molar refractivity (Wildman–Crippen MR) is 77.2 cm³/mol. The van der Waals surface area contributed by atoms with Crippen molar-refractivity contribution < 1.29 is 4.39 Å². The van der Waals surface area contributed by atoms with Gasteiger partial charge in [-0.15, -0.1) is 0 Å². The molecule has 0 saturated heterocycles. The highest BCUT2D eigenvalue weighted by Crippen LogP contribution is 2.32. The van der Waals surface area contributed by atoms with Gasteiger partial charge in [0.05, 0.1) is 0 Å². The summed E-state index contributed by atoms with van der Waals surface area (Å²) in [5, 5.41) is 3.22. The lowest BCUT2D eigenvalue weighted by atomic mass is 10.2. The van der Waals surface area contributed by atoms with Crippen molar-refractivity contribution in [3.8, 4) is 0 Å². The summed E-state index contributed by atoms with van der Waals surface area (Å²) in [4.78, 5) is 5.45. The smallest absolute Gasteiger partial charge is 0.174 e. The molecule has 0 aliphatic rings. The van der Waals surface area contributed by atoms with Gasteiger partial charge in [0.15, 0.2) is 4.34 Å². The second-order valence-electron chi connectivity index (χ2n) is 3.96. The molecule has 19 heavy (non-hydrogen) atoms. The summed E-state index contributed by atoms with van der Waals surface area (Å²) in [6, 6.07) is 4.87. The minimum atomic E-state index is -0.205. The first kappa shape index (κ1) is 14.4. The van der Waals surface area contributed by atoms with E-state index < -0.39 is 0 Å². The molecule has 1 aromatic heterocycles. The van der Waals surface area contributed by atoms with Crippen molar-refractivity contribution in [1.29, 1.82) is 0 Å². The lowest BCUT2D eigenvalue weighted by Gasteiger charge is -2.08. The first-order valence-electron chi connectivity index (χ1n) is 6.22. The van der Waals surface area contributed by atoms with Gasteiger partial charge in [-0.25, -0.2) is 9.37 Å². The van der Waals surface area contributed by atoms with Crippen molar-refractivity contribution in [3.05, 3.63) is 35.4 Å². The van der Waals surface area contributed by atoms with Crippen LogP contribution in [0.4, 0.5) is 4.39 Å². The van der Waals surface area contributed by atoms with E-state index in [0.717, 1.165) is 33.6 Å². The zero-order valence-electron chi connectivity index (χ0n) is 10.9. The van der Waals surface area contributed by atoms with Gasteiger partial charge in [0.2, 0.25) is 0 Å². The molecule has 0 spiro atoms. The Morgan fingerprint density at radius 1 is 1.37 bits per heavy atom. The molecule has 1 heterocycles.